The summed E-state index contributed by atoms with van der Waals surface area (Å²) in [5.74, 6) is 1.10. The van der Waals surface area contributed by atoms with Gasteiger partial charge in [0.05, 0.1) is 31.0 Å². The number of benzene rings is 1. The second-order valence-electron chi connectivity index (χ2n) is 7.38. The number of carbonyl (C=O) groups is 1. The lowest BCUT2D eigenvalue weighted by Crippen LogP contribution is -2.42. The highest BCUT2D eigenvalue weighted by atomic mass is 32.1. The van der Waals surface area contributed by atoms with Gasteiger partial charge in [-0.05, 0) is 44.5 Å². The lowest BCUT2D eigenvalue weighted by Gasteiger charge is -2.31. The monoisotopic (exact) mass is 395 g/mol. The third-order valence-electron chi connectivity index (χ3n) is 5.10. The van der Waals surface area contributed by atoms with Crippen LogP contribution in [0.25, 0.3) is 10.6 Å². The molecule has 6 heteroatoms. The zero-order chi connectivity index (χ0) is 19.3. The molecule has 2 aromatic heterocycles. The highest BCUT2D eigenvalue weighted by Crippen LogP contribution is 2.24. The number of hydrogen-bond donors (Lipinski definition) is 1. The number of furan rings is 1. The molecule has 1 aliphatic heterocycles. The number of hydrogen-bond acceptors (Lipinski definition) is 5. The molecule has 1 N–H and O–H groups in total. The van der Waals surface area contributed by atoms with Crippen molar-refractivity contribution in [1.82, 2.24) is 15.2 Å². The number of nitrogens with one attached hydrogen (secondary N) is 1. The maximum atomic E-state index is 12.7. The van der Waals surface area contributed by atoms with Crippen LogP contribution >= 0.6 is 11.3 Å². The standard InChI is InChI=1S/C22H25N3O2S/c1-16-5-2-6-17(11-16)22-24-19(15-28-22)12-23-21(26)18-7-3-9-25(13-18)14-20-8-4-10-27-20/h2,4-6,8,10-11,15,18H,3,7,9,12-14H2,1H3,(H,23,26)/t18-/m0/s1. The molecule has 0 aliphatic carbocycles. The van der Waals surface area contributed by atoms with Crippen molar-refractivity contribution in [2.75, 3.05) is 13.1 Å². The number of nitrogens with zero attached hydrogens (tertiary/aromatic N) is 2. The van der Waals surface area contributed by atoms with Crippen molar-refractivity contribution >= 4 is 17.2 Å². The highest BCUT2D eigenvalue weighted by Gasteiger charge is 2.26. The lowest BCUT2D eigenvalue weighted by molar-refractivity contribution is -0.127. The minimum Gasteiger partial charge on any atom is -0.468 e. The number of aryl methyl sites for hydroxylation is 1. The zero-order valence-electron chi connectivity index (χ0n) is 16.1. The molecule has 0 radical (unpaired) electrons. The Morgan fingerprint density at radius 2 is 2.29 bits per heavy atom. The molecule has 4 rings (SSSR count). The van der Waals surface area contributed by atoms with E-state index in [9.17, 15) is 4.79 Å². The van der Waals surface area contributed by atoms with E-state index in [1.54, 1.807) is 17.6 Å². The van der Waals surface area contributed by atoms with Gasteiger partial charge in [-0.25, -0.2) is 4.98 Å². The molecule has 3 heterocycles. The predicted molar refractivity (Wildman–Crippen MR) is 111 cm³/mol. The van der Waals surface area contributed by atoms with E-state index < -0.39 is 0 Å². The normalized spacial score (nSPS) is 17.5. The molecule has 0 unspecified atom stereocenters. The highest BCUT2D eigenvalue weighted by molar-refractivity contribution is 7.13. The van der Waals surface area contributed by atoms with E-state index in [4.69, 9.17) is 4.42 Å². The summed E-state index contributed by atoms with van der Waals surface area (Å²) in [7, 11) is 0. The second kappa shape index (κ2) is 8.71. The molecule has 0 saturated carbocycles. The van der Waals surface area contributed by atoms with E-state index in [1.165, 1.54) is 5.56 Å². The van der Waals surface area contributed by atoms with Gasteiger partial charge in [0, 0.05) is 17.5 Å². The summed E-state index contributed by atoms with van der Waals surface area (Å²) in [4.78, 5) is 19.6. The molecule has 28 heavy (non-hydrogen) atoms. The number of aromatic nitrogens is 1. The van der Waals surface area contributed by atoms with Gasteiger partial charge in [-0.15, -0.1) is 11.3 Å². The first-order chi connectivity index (χ1) is 13.7. The van der Waals surface area contributed by atoms with E-state index in [1.807, 2.05) is 23.6 Å². The fraction of sp³-hybridized carbons (Fsp3) is 0.364. The van der Waals surface area contributed by atoms with Crippen molar-refractivity contribution < 1.29 is 9.21 Å². The second-order valence-corrected chi connectivity index (χ2v) is 8.24. The smallest absolute Gasteiger partial charge is 0.224 e. The van der Waals surface area contributed by atoms with Crippen molar-refractivity contribution in [3.8, 4) is 10.6 Å². The number of amides is 1. The van der Waals surface area contributed by atoms with Gasteiger partial charge in [-0.1, -0.05) is 23.8 Å². The number of rotatable bonds is 6. The van der Waals surface area contributed by atoms with Gasteiger partial charge in [0.2, 0.25) is 5.91 Å². The number of thiazole rings is 1. The van der Waals surface area contributed by atoms with Crippen LogP contribution in [0.1, 0.15) is 29.9 Å². The summed E-state index contributed by atoms with van der Waals surface area (Å²) >= 11 is 1.62. The van der Waals surface area contributed by atoms with Crippen molar-refractivity contribution in [2.24, 2.45) is 5.92 Å². The maximum Gasteiger partial charge on any atom is 0.224 e. The zero-order valence-corrected chi connectivity index (χ0v) is 16.9. The minimum atomic E-state index is 0.0265. The van der Waals surface area contributed by atoms with Gasteiger partial charge < -0.3 is 9.73 Å². The average molecular weight is 396 g/mol. The van der Waals surface area contributed by atoms with Crippen LogP contribution in [0, 0.1) is 12.8 Å². The molecule has 3 aromatic rings. The first kappa shape index (κ1) is 18.9. The van der Waals surface area contributed by atoms with Crippen LogP contribution < -0.4 is 5.32 Å². The number of likely N-dealkylation sites (tertiary alicyclic amines) is 1. The van der Waals surface area contributed by atoms with E-state index >= 15 is 0 Å². The molecule has 1 atom stereocenters. The minimum absolute atomic E-state index is 0.0265. The average Bonchev–Trinajstić information content (AvgIpc) is 3.38. The summed E-state index contributed by atoms with van der Waals surface area (Å²) < 4.78 is 5.43. The van der Waals surface area contributed by atoms with Crippen LogP contribution in [0.15, 0.2) is 52.5 Å². The molecule has 1 amide bonds. The van der Waals surface area contributed by atoms with Crippen LogP contribution in [-0.4, -0.2) is 28.9 Å². The SMILES string of the molecule is Cc1cccc(-c2nc(CNC(=O)[C@H]3CCCN(Cc4ccco4)C3)cs2)c1. The van der Waals surface area contributed by atoms with Crippen LogP contribution in [-0.2, 0) is 17.9 Å². The molecule has 1 fully saturated rings. The Bertz CT molecular complexity index is 920. The summed E-state index contributed by atoms with van der Waals surface area (Å²) in [5.41, 5.74) is 3.26. The Morgan fingerprint density at radius 3 is 3.11 bits per heavy atom. The van der Waals surface area contributed by atoms with Crippen LogP contribution in [0.2, 0.25) is 0 Å². The van der Waals surface area contributed by atoms with Crippen molar-refractivity contribution in [3.05, 3.63) is 65.1 Å². The Hall–Kier alpha value is -2.44. The predicted octanol–water partition coefficient (Wildman–Crippen LogP) is 4.24. The molecule has 1 saturated heterocycles. The first-order valence-corrected chi connectivity index (χ1v) is 10.6. The van der Waals surface area contributed by atoms with Crippen LogP contribution in [0.4, 0.5) is 0 Å². The van der Waals surface area contributed by atoms with Gasteiger partial charge in [-0.3, -0.25) is 9.69 Å². The molecular weight excluding hydrogens is 370 g/mol. The Labute approximate surface area is 169 Å². The van der Waals surface area contributed by atoms with Gasteiger partial charge in [0.15, 0.2) is 0 Å². The molecule has 1 aliphatic rings. The quantitative estimate of drug-likeness (QED) is 0.678. The molecule has 1 aromatic carbocycles. The van der Waals surface area contributed by atoms with Crippen molar-refractivity contribution in [1.29, 1.82) is 0 Å². The number of carbonyl (C=O) groups excluding carboxylic acids is 1. The third kappa shape index (κ3) is 4.69. The van der Waals surface area contributed by atoms with E-state index in [0.717, 1.165) is 54.5 Å². The van der Waals surface area contributed by atoms with Crippen molar-refractivity contribution in [2.45, 2.75) is 32.9 Å². The van der Waals surface area contributed by atoms with Crippen molar-refractivity contribution in [3.63, 3.8) is 0 Å². The maximum absolute atomic E-state index is 12.7. The summed E-state index contributed by atoms with van der Waals surface area (Å²) in [6, 6.07) is 12.2. The fourth-order valence-corrected chi connectivity index (χ4v) is 4.47. The van der Waals surface area contributed by atoms with E-state index in [0.29, 0.717) is 6.54 Å². The third-order valence-corrected chi connectivity index (χ3v) is 6.04. The van der Waals surface area contributed by atoms with Gasteiger partial charge in [0.25, 0.3) is 0 Å². The van der Waals surface area contributed by atoms with E-state index in [2.05, 4.69) is 40.3 Å². The van der Waals surface area contributed by atoms with Crippen LogP contribution in [0.3, 0.4) is 0 Å². The number of piperidine rings is 1. The largest absolute Gasteiger partial charge is 0.468 e. The molecule has 0 bridgehead atoms. The molecule has 146 valence electrons. The Balaban J connectivity index is 1.30. The molecular formula is C22H25N3O2S. The summed E-state index contributed by atoms with van der Waals surface area (Å²) in [5, 5.41) is 6.10. The van der Waals surface area contributed by atoms with E-state index in [-0.39, 0.29) is 11.8 Å². The Morgan fingerprint density at radius 1 is 1.36 bits per heavy atom. The van der Waals surface area contributed by atoms with Gasteiger partial charge in [0.1, 0.15) is 10.8 Å². The molecule has 0 spiro atoms. The first-order valence-electron chi connectivity index (χ1n) is 9.71. The van der Waals surface area contributed by atoms with Crippen LogP contribution in [0.5, 0.6) is 0 Å². The topological polar surface area (TPSA) is 58.4 Å². The lowest BCUT2D eigenvalue weighted by atomic mass is 9.97. The van der Waals surface area contributed by atoms with Gasteiger partial charge >= 0.3 is 0 Å². The summed E-state index contributed by atoms with van der Waals surface area (Å²) in [6.07, 6.45) is 3.67. The summed E-state index contributed by atoms with van der Waals surface area (Å²) in [6.45, 7) is 5.12. The van der Waals surface area contributed by atoms with Gasteiger partial charge in [-0.2, -0.15) is 0 Å². The Kier molecular flexibility index (Phi) is 5.88. The molecule has 5 nitrogen and oxygen atoms in total. The fourth-order valence-electron chi connectivity index (χ4n) is 3.66.